The third-order valence-corrected chi connectivity index (χ3v) is 8.24. The van der Waals surface area contributed by atoms with E-state index in [1.807, 2.05) is 92.7 Å². The van der Waals surface area contributed by atoms with Crippen molar-refractivity contribution in [1.82, 2.24) is 20.8 Å². The number of benzene rings is 3. The molecule has 3 atom stereocenters. The first-order chi connectivity index (χ1) is 24.8. The van der Waals surface area contributed by atoms with Crippen molar-refractivity contribution < 1.29 is 33.6 Å². The summed E-state index contributed by atoms with van der Waals surface area (Å²) in [6, 6.07) is 23.6. The Morgan fingerprint density at radius 2 is 1.65 bits per heavy atom. The second-order valence-corrected chi connectivity index (χ2v) is 12.7. The average Bonchev–Trinajstić information content (AvgIpc) is 3.82. The molecule has 1 aliphatic rings. The van der Waals surface area contributed by atoms with Crippen LogP contribution in [0.1, 0.15) is 25.8 Å². The third kappa shape index (κ3) is 11.3. The van der Waals surface area contributed by atoms with Crippen LogP contribution >= 0.6 is 0 Å². The summed E-state index contributed by atoms with van der Waals surface area (Å²) in [4.78, 5) is 25.6. The smallest absolute Gasteiger partial charge is 0.251 e. The Kier molecular flexibility index (Phi) is 13.8. The van der Waals surface area contributed by atoms with E-state index >= 15 is 0 Å². The highest BCUT2D eigenvalue weighted by molar-refractivity contribution is 5.89. The number of aromatic amines is 1. The Balaban J connectivity index is 0.946. The highest BCUT2D eigenvalue weighted by Gasteiger charge is 2.28. The summed E-state index contributed by atoms with van der Waals surface area (Å²) in [7, 11) is 0. The lowest BCUT2D eigenvalue weighted by Crippen LogP contribution is -2.54. The molecule has 0 fully saturated rings. The van der Waals surface area contributed by atoms with Crippen LogP contribution in [-0.4, -0.2) is 91.6 Å². The monoisotopic (exact) mass is 700 g/mol. The van der Waals surface area contributed by atoms with Gasteiger partial charge in [0, 0.05) is 35.9 Å². The van der Waals surface area contributed by atoms with E-state index in [2.05, 4.69) is 26.1 Å². The number of aliphatic hydroxyl groups is 1. The normalized spacial score (nSPS) is 13.8. The zero-order chi connectivity index (χ0) is 36.0. The number of nitrogens with one attached hydrogen (secondary N) is 4. The van der Waals surface area contributed by atoms with E-state index in [4.69, 9.17) is 24.7 Å². The van der Waals surface area contributed by atoms with Gasteiger partial charge in [0.1, 0.15) is 12.1 Å². The third-order valence-electron chi connectivity index (χ3n) is 8.24. The number of H-pyrrole nitrogens is 1. The van der Waals surface area contributed by atoms with Crippen molar-refractivity contribution in [3.63, 3.8) is 0 Å². The zero-order valence-electron chi connectivity index (χ0n) is 29.1. The number of carbonyl (C=O) groups excluding carboxylic acids is 2. The van der Waals surface area contributed by atoms with Crippen molar-refractivity contribution in [3.05, 3.63) is 84.4 Å². The molecule has 2 amide bonds. The van der Waals surface area contributed by atoms with Crippen molar-refractivity contribution in [3.8, 4) is 34.0 Å². The average molecular weight is 701 g/mol. The second kappa shape index (κ2) is 18.9. The largest absolute Gasteiger partial charge is 0.454 e. The summed E-state index contributed by atoms with van der Waals surface area (Å²) in [6.07, 6.45) is -0.696. The number of hydrogen-bond acceptors (Lipinski definition) is 10. The van der Waals surface area contributed by atoms with E-state index in [-0.39, 0.29) is 31.8 Å². The predicted octanol–water partition coefficient (Wildman–Crippen LogP) is 3.50. The van der Waals surface area contributed by atoms with E-state index in [0.717, 1.165) is 45.3 Å². The van der Waals surface area contributed by atoms with Crippen LogP contribution in [0.5, 0.6) is 11.5 Å². The van der Waals surface area contributed by atoms with Gasteiger partial charge in [-0.15, -0.1) is 0 Å². The molecule has 3 aromatic carbocycles. The Hall–Kier alpha value is -4.95. The molecular weight excluding hydrogens is 652 g/mol. The maximum absolute atomic E-state index is 12.9. The quantitative estimate of drug-likeness (QED) is 0.0747. The van der Waals surface area contributed by atoms with Crippen LogP contribution in [0.15, 0.2) is 78.9 Å². The van der Waals surface area contributed by atoms with Gasteiger partial charge in [0.05, 0.1) is 37.8 Å². The van der Waals surface area contributed by atoms with E-state index < -0.39 is 24.1 Å². The van der Waals surface area contributed by atoms with Crippen molar-refractivity contribution in [2.45, 2.75) is 44.9 Å². The molecule has 0 saturated heterocycles. The number of carbonyl (C=O) groups is 2. The fourth-order valence-corrected chi connectivity index (χ4v) is 5.58. The summed E-state index contributed by atoms with van der Waals surface area (Å²) in [5, 5.41) is 27.0. The molecular formula is C38H48N6O7. The molecule has 1 aliphatic heterocycles. The first kappa shape index (κ1) is 37.3. The SMILES string of the molecule is CC(C)C[C@H](NC(=O)[C@@H](O)[C@H](N)Cc1ccccc1)C(=O)NCCOCCOCCNc1cccc(-c2cc(-c3ccc4c(c3)OCO4)[nH]n2)c1. The van der Waals surface area contributed by atoms with Crippen LogP contribution in [0.2, 0.25) is 0 Å². The van der Waals surface area contributed by atoms with Crippen LogP contribution in [0.25, 0.3) is 22.5 Å². The molecule has 13 nitrogen and oxygen atoms in total. The van der Waals surface area contributed by atoms with Crippen LogP contribution in [0, 0.1) is 5.92 Å². The van der Waals surface area contributed by atoms with Gasteiger partial charge in [-0.05, 0) is 60.7 Å². The van der Waals surface area contributed by atoms with Gasteiger partial charge in [0.15, 0.2) is 11.5 Å². The molecule has 0 radical (unpaired) electrons. The molecule has 0 saturated carbocycles. The minimum atomic E-state index is -1.44. The number of aromatic nitrogens is 2. The second-order valence-electron chi connectivity index (χ2n) is 12.7. The van der Waals surface area contributed by atoms with Crippen LogP contribution < -0.4 is 31.2 Å². The Bertz CT molecular complexity index is 1700. The molecule has 5 rings (SSSR count). The Morgan fingerprint density at radius 1 is 0.882 bits per heavy atom. The van der Waals surface area contributed by atoms with Crippen LogP contribution in [-0.2, 0) is 25.5 Å². The number of aliphatic hydroxyl groups excluding tert-OH is 1. The lowest BCUT2D eigenvalue weighted by atomic mass is 10.00. The maximum Gasteiger partial charge on any atom is 0.251 e. The number of amides is 2. The number of nitrogens with zero attached hydrogens (tertiary/aromatic N) is 1. The molecule has 1 aromatic heterocycles. The minimum Gasteiger partial charge on any atom is -0.454 e. The van der Waals surface area contributed by atoms with E-state index in [1.54, 1.807) is 0 Å². The highest BCUT2D eigenvalue weighted by atomic mass is 16.7. The summed E-state index contributed by atoms with van der Waals surface area (Å²) in [6.45, 7) is 6.57. The van der Waals surface area contributed by atoms with Gasteiger partial charge >= 0.3 is 0 Å². The summed E-state index contributed by atoms with van der Waals surface area (Å²) in [5.41, 5.74) is 11.6. The molecule has 51 heavy (non-hydrogen) atoms. The number of fused-ring (bicyclic) bond motifs is 1. The predicted molar refractivity (Wildman–Crippen MR) is 194 cm³/mol. The molecule has 7 N–H and O–H groups in total. The number of rotatable bonds is 20. The molecule has 13 heteroatoms. The zero-order valence-corrected chi connectivity index (χ0v) is 29.1. The first-order valence-corrected chi connectivity index (χ1v) is 17.3. The Labute approximate surface area is 298 Å². The molecule has 4 aromatic rings. The molecule has 0 spiro atoms. The van der Waals surface area contributed by atoms with Crippen molar-refractivity contribution in [1.29, 1.82) is 0 Å². The first-order valence-electron chi connectivity index (χ1n) is 17.3. The van der Waals surface area contributed by atoms with E-state index in [9.17, 15) is 14.7 Å². The summed E-state index contributed by atoms with van der Waals surface area (Å²) >= 11 is 0. The fraction of sp³-hybridized carbons (Fsp3) is 0.395. The minimum absolute atomic E-state index is 0.139. The summed E-state index contributed by atoms with van der Waals surface area (Å²) in [5.74, 6) is 0.597. The topological polar surface area (TPSA) is 182 Å². The molecule has 0 bridgehead atoms. The van der Waals surface area contributed by atoms with Crippen LogP contribution in [0.3, 0.4) is 0 Å². The number of ether oxygens (including phenoxy) is 4. The van der Waals surface area contributed by atoms with Gasteiger partial charge in [0.2, 0.25) is 12.7 Å². The van der Waals surface area contributed by atoms with Gasteiger partial charge in [0.25, 0.3) is 5.91 Å². The Morgan fingerprint density at radius 3 is 2.43 bits per heavy atom. The number of nitrogens with two attached hydrogens (primary N) is 1. The molecule has 272 valence electrons. The maximum atomic E-state index is 12.9. The standard InChI is InChI=1S/C38H48N6O7/c1-25(2)19-33(42-38(47)36(45)30(39)20-26-7-4-3-5-8-26)37(46)41-14-16-49-18-17-48-15-13-40-29-10-6-9-27(21-29)31-23-32(44-43-31)28-11-12-34-35(22-28)51-24-50-34/h3-12,21-23,25,30,33,36,40,45H,13-20,24,39H2,1-2H3,(H,41,46)(H,42,47)(H,43,44)/t30-,33+,36+/m1/s1. The van der Waals surface area contributed by atoms with Gasteiger partial charge in [-0.25, -0.2) is 0 Å². The molecule has 0 aliphatic carbocycles. The summed E-state index contributed by atoms with van der Waals surface area (Å²) < 4.78 is 22.2. The van der Waals surface area contributed by atoms with Crippen LogP contribution in [0.4, 0.5) is 5.69 Å². The van der Waals surface area contributed by atoms with Gasteiger partial charge in [-0.1, -0.05) is 56.3 Å². The molecule has 0 unspecified atom stereocenters. The number of hydrogen-bond donors (Lipinski definition) is 6. The van der Waals surface area contributed by atoms with E-state index in [0.29, 0.717) is 39.2 Å². The van der Waals surface area contributed by atoms with Gasteiger partial charge < -0.3 is 45.7 Å². The van der Waals surface area contributed by atoms with Gasteiger partial charge in [-0.3, -0.25) is 14.7 Å². The highest BCUT2D eigenvalue weighted by Crippen LogP contribution is 2.36. The number of anilines is 1. The molecule has 2 heterocycles. The van der Waals surface area contributed by atoms with Gasteiger partial charge in [-0.2, -0.15) is 5.10 Å². The lowest BCUT2D eigenvalue weighted by molar-refractivity contribution is -0.135. The fourth-order valence-electron chi connectivity index (χ4n) is 5.58. The van der Waals surface area contributed by atoms with Crippen molar-refractivity contribution in [2.75, 3.05) is 51.6 Å². The van der Waals surface area contributed by atoms with Crippen molar-refractivity contribution in [2.24, 2.45) is 11.7 Å². The van der Waals surface area contributed by atoms with E-state index in [1.165, 1.54) is 0 Å². The van der Waals surface area contributed by atoms with Crippen molar-refractivity contribution >= 4 is 17.5 Å². The lowest BCUT2D eigenvalue weighted by Gasteiger charge is -2.24.